The molecule has 0 bridgehead atoms. The maximum absolute atomic E-state index is 13.5. The summed E-state index contributed by atoms with van der Waals surface area (Å²) in [5.74, 6) is -0.0965. The molecule has 1 heterocycles. The van der Waals surface area contributed by atoms with Gasteiger partial charge in [-0.2, -0.15) is 0 Å². The van der Waals surface area contributed by atoms with Crippen molar-refractivity contribution in [1.29, 1.82) is 0 Å². The number of aryl methyl sites for hydroxylation is 1. The highest BCUT2D eigenvalue weighted by atomic mass is 19.1. The molecule has 0 atom stereocenters. The summed E-state index contributed by atoms with van der Waals surface area (Å²) in [7, 11) is 3.15. The third kappa shape index (κ3) is 5.05. The van der Waals surface area contributed by atoms with Gasteiger partial charge in [0.15, 0.2) is 11.6 Å². The van der Waals surface area contributed by atoms with Crippen LogP contribution in [0, 0.1) is 5.82 Å². The second kappa shape index (κ2) is 9.33. The third-order valence-electron chi connectivity index (χ3n) is 4.48. The van der Waals surface area contributed by atoms with Gasteiger partial charge in [0, 0.05) is 32.4 Å². The van der Waals surface area contributed by atoms with E-state index in [1.165, 1.54) is 23.7 Å². The molecule has 26 heavy (non-hydrogen) atoms. The summed E-state index contributed by atoms with van der Waals surface area (Å²) < 4.78 is 21.6. The van der Waals surface area contributed by atoms with Crippen molar-refractivity contribution >= 4 is 0 Å². The number of benzene rings is 1. The first-order valence-corrected chi connectivity index (χ1v) is 8.79. The fraction of sp³-hybridized carbons (Fsp3) is 0.474. The summed E-state index contributed by atoms with van der Waals surface area (Å²) in [6.45, 7) is 4.78. The minimum atomic E-state index is -0.359. The first-order valence-electron chi connectivity index (χ1n) is 8.79. The molecular weight excluding hydrogens is 337 g/mol. The molecule has 0 aliphatic rings. The van der Waals surface area contributed by atoms with Crippen LogP contribution in [0.3, 0.4) is 0 Å². The quantitative estimate of drug-likeness (QED) is 0.678. The van der Waals surface area contributed by atoms with Crippen LogP contribution in [0.25, 0.3) is 0 Å². The van der Waals surface area contributed by atoms with Crippen LogP contribution in [0.15, 0.2) is 39.9 Å². The highest BCUT2D eigenvalue weighted by molar-refractivity contribution is 5.23. The molecule has 1 aromatic heterocycles. The Morgan fingerprint density at radius 2 is 1.85 bits per heavy atom. The summed E-state index contributed by atoms with van der Waals surface area (Å²) in [6, 6.07) is 7.87. The average molecular weight is 363 g/mol. The van der Waals surface area contributed by atoms with Gasteiger partial charge in [-0.3, -0.25) is 9.36 Å². The number of nitrogens with zero attached hydrogens (tertiary/aromatic N) is 3. The van der Waals surface area contributed by atoms with Crippen LogP contribution in [0.1, 0.15) is 19.0 Å². The zero-order chi connectivity index (χ0) is 19.1. The molecule has 6 nitrogen and oxygen atoms in total. The molecule has 0 saturated carbocycles. The first-order chi connectivity index (χ1) is 12.4. The van der Waals surface area contributed by atoms with Gasteiger partial charge in [0.05, 0.1) is 0 Å². The first kappa shape index (κ1) is 19.9. The Morgan fingerprint density at radius 3 is 2.54 bits per heavy atom. The number of ether oxygens (including phenoxy) is 1. The SMILES string of the molecule is CCN(CCCc1cc(=O)n(C)c(=O)n1C)CCOc1ccccc1F. The molecule has 2 aromatic rings. The number of rotatable bonds is 9. The van der Waals surface area contributed by atoms with Crippen LogP contribution < -0.4 is 16.0 Å². The fourth-order valence-electron chi connectivity index (χ4n) is 2.78. The minimum absolute atomic E-state index is 0.263. The molecular formula is C19H26FN3O3. The smallest absolute Gasteiger partial charge is 0.330 e. The van der Waals surface area contributed by atoms with Gasteiger partial charge in [-0.05, 0) is 38.1 Å². The highest BCUT2D eigenvalue weighted by Gasteiger charge is 2.08. The van der Waals surface area contributed by atoms with Crippen molar-refractivity contribution in [2.24, 2.45) is 14.1 Å². The zero-order valence-corrected chi connectivity index (χ0v) is 15.6. The Kier molecular flexibility index (Phi) is 7.15. The van der Waals surface area contributed by atoms with Crippen LogP contribution in [0.4, 0.5) is 4.39 Å². The summed E-state index contributed by atoms with van der Waals surface area (Å²) >= 11 is 0. The summed E-state index contributed by atoms with van der Waals surface area (Å²) in [5.41, 5.74) is 0.142. The maximum atomic E-state index is 13.5. The van der Waals surface area contributed by atoms with E-state index in [0.717, 1.165) is 29.8 Å². The van der Waals surface area contributed by atoms with Crippen molar-refractivity contribution in [2.45, 2.75) is 19.8 Å². The lowest BCUT2D eigenvalue weighted by Gasteiger charge is -2.20. The standard InChI is InChI=1S/C19H26FN3O3/c1-4-23(12-13-26-17-10-6-5-9-16(17)20)11-7-8-15-14-18(24)22(3)19(25)21(15)2/h5-6,9-10,14H,4,7-8,11-13H2,1-3H3. The molecule has 0 aliphatic carbocycles. The van der Waals surface area contributed by atoms with Gasteiger partial charge in [0.1, 0.15) is 6.61 Å². The number of hydrogen-bond acceptors (Lipinski definition) is 4. The zero-order valence-electron chi connectivity index (χ0n) is 15.6. The van der Waals surface area contributed by atoms with Crippen molar-refractivity contribution in [3.8, 4) is 5.75 Å². The van der Waals surface area contributed by atoms with Gasteiger partial charge in [0.2, 0.25) is 0 Å². The van der Waals surface area contributed by atoms with E-state index in [1.807, 2.05) is 0 Å². The normalized spacial score (nSPS) is 11.1. The van der Waals surface area contributed by atoms with Crippen molar-refractivity contribution in [3.63, 3.8) is 0 Å². The van der Waals surface area contributed by atoms with Gasteiger partial charge in [-0.15, -0.1) is 0 Å². The average Bonchev–Trinajstić information content (AvgIpc) is 2.64. The van der Waals surface area contributed by atoms with Crippen LogP contribution in [0.2, 0.25) is 0 Å². The van der Waals surface area contributed by atoms with E-state index >= 15 is 0 Å². The largest absolute Gasteiger partial charge is 0.489 e. The number of aromatic nitrogens is 2. The fourth-order valence-corrected chi connectivity index (χ4v) is 2.78. The van der Waals surface area contributed by atoms with Gasteiger partial charge in [-0.25, -0.2) is 9.18 Å². The van der Waals surface area contributed by atoms with Crippen molar-refractivity contribution in [3.05, 3.63) is 62.7 Å². The molecule has 0 unspecified atom stereocenters. The predicted molar refractivity (Wildman–Crippen MR) is 99.3 cm³/mol. The Bertz CT molecular complexity index is 845. The Hall–Kier alpha value is -2.41. The Balaban J connectivity index is 1.83. The minimum Gasteiger partial charge on any atom is -0.489 e. The van der Waals surface area contributed by atoms with E-state index in [0.29, 0.717) is 19.6 Å². The topological polar surface area (TPSA) is 56.5 Å². The third-order valence-corrected chi connectivity index (χ3v) is 4.48. The second-order valence-corrected chi connectivity index (χ2v) is 6.19. The Labute approximate surface area is 152 Å². The molecule has 0 fully saturated rings. The molecule has 0 radical (unpaired) electrons. The van der Waals surface area contributed by atoms with Crippen LogP contribution in [-0.4, -0.2) is 40.3 Å². The molecule has 0 saturated heterocycles. The summed E-state index contributed by atoms with van der Waals surface area (Å²) in [5, 5.41) is 0. The number of likely N-dealkylation sites (N-methyl/N-ethyl adjacent to an activating group) is 1. The van der Waals surface area contributed by atoms with Crippen LogP contribution >= 0.6 is 0 Å². The van der Waals surface area contributed by atoms with Gasteiger partial charge in [-0.1, -0.05) is 19.1 Å². The van der Waals surface area contributed by atoms with E-state index in [1.54, 1.807) is 25.2 Å². The lowest BCUT2D eigenvalue weighted by atomic mass is 10.2. The van der Waals surface area contributed by atoms with E-state index < -0.39 is 0 Å². The van der Waals surface area contributed by atoms with E-state index in [9.17, 15) is 14.0 Å². The molecule has 0 aliphatic heterocycles. The molecule has 0 N–H and O–H groups in total. The van der Waals surface area contributed by atoms with Crippen molar-refractivity contribution in [2.75, 3.05) is 26.2 Å². The van der Waals surface area contributed by atoms with Crippen LogP contribution in [0.5, 0.6) is 5.75 Å². The number of para-hydroxylation sites is 1. The van der Waals surface area contributed by atoms with Gasteiger partial charge < -0.3 is 14.2 Å². The van der Waals surface area contributed by atoms with E-state index in [4.69, 9.17) is 4.74 Å². The molecule has 142 valence electrons. The molecule has 0 amide bonds. The summed E-state index contributed by atoms with van der Waals surface area (Å²) in [4.78, 5) is 25.9. The number of hydrogen-bond donors (Lipinski definition) is 0. The predicted octanol–water partition coefficient (Wildman–Crippen LogP) is 1.56. The maximum Gasteiger partial charge on any atom is 0.330 e. The molecule has 2 rings (SSSR count). The van der Waals surface area contributed by atoms with E-state index in [2.05, 4.69) is 11.8 Å². The number of halogens is 1. The molecule has 7 heteroatoms. The highest BCUT2D eigenvalue weighted by Crippen LogP contribution is 2.15. The molecule has 1 aromatic carbocycles. The lowest BCUT2D eigenvalue weighted by Crippen LogP contribution is -2.38. The lowest BCUT2D eigenvalue weighted by molar-refractivity contribution is 0.209. The van der Waals surface area contributed by atoms with Gasteiger partial charge >= 0.3 is 5.69 Å². The van der Waals surface area contributed by atoms with Gasteiger partial charge in [0.25, 0.3) is 5.56 Å². The second-order valence-electron chi connectivity index (χ2n) is 6.19. The van der Waals surface area contributed by atoms with Crippen molar-refractivity contribution < 1.29 is 9.13 Å². The molecule has 0 spiro atoms. The van der Waals surface area contributed by atoms with E-state index in [-0.39, 0.29) is 22.8 Å². The Morgan fingerprint density at radius 1 is 1.12 bits per heavy atom. The van der Waals surface area contributed by atoms with Crippen molar-refractivity contribution in [1.82, 2.24) is 14.0 Å². The summed E-state index contributed by atoms with van der Waals surface area (Å²) in [6.07, 6.45) is 1.46. The monoisotopic (exact) mass is 363 g/mol. The van der Waals surface area contributed by atoms with Crippen LogP contribution in [-0.2, 0) is 20.5 Å².